The van der Waals surface area contributed by atoms with Gasteiger partial charge < -0.3 is 3.83 Å². The Balaban J connectivity index is 0. The van der Waals surface area contributed by atoms with Crippen LogP contribution in [0.3, 0.4) is 0 Å². The molecule has 0 aromatic carbocycles. The van der Waals surface area contributed by atoms with Crippen LogP contribution < -0.4 is 0 Å². The van der Waals surface area contributed by atoms with E-state index in [0.29, 0.717) is 6.47 Å². The van der Waals surface area contributed by atoms with E-state index in [-0.39, 0.29) is 23.1 Å². The van der Waals surface area contributed by atoms with Crippen LogP contribution in [0.15, 0.2) is 0 Å². The lowest BCUT2D eigenvalue weighted by Gasteiger charge is -1.60. The standard InChI is InChI=1S/CHBrO2.Mg.2H/c2-4-1-3;;;/h1H;;;. The van der Waals surface area contributed by atoms with Crippen LogP contribution in [0, 0.1) is 0 Å². The molecule has 28 valence electrons. The van der Waals surface area contributed by atoms with E-state index in [1.165, 1.54) is 0 Å². The van der Waals surface area contributed by atoms with Crippen molar-refractivity contribution in [3.05, 3.63) is 0 Å². The van der Waals surface area contributed by atoms with Gasteiger partial charge in [0, 0.05) is 0 Å². The summed E-state index contributed by atoms with van der Waals surface area (Å²) in [5, 5.41) is 0. The third-order valence-corrected chi connectivity index (χ3v) is 0.189. The monoisotopic (exact) mass is 150 g/mol. The molecule has 0 radical (unpaired) electrons. The molecule has 0 spiro atoms. The summed E-state index contributed by atoms with van der Waals surface area (Å²) in [4.78, 5) is 8.90. The fourth-order valence-corrected chi connectivity index (χ4v) is 0. The Bertz CT molecular complexity index is 23.6. The second-order valence-electron chi connectivity index (χ2n) is 0.185. The van der Waals surface area contributed by atoms with E-state index in [1.807, 2.05) is 0 Å². The van der Waals surface area contributed by atoms with Crippen molar-refractivity contribution in [2.45, 2.75) is 0 Å². The second kappa shape index (κ2) is 8.83. The normalized spacial score (nSPS) is 4.20. The molecule has 0 aromatic rings. The van der Waals surface area contributed by atoms with Gasteiger partial charge in [-0.2, -0.15) is 0 Å². The maximum absolute atomic E-state index is 8.90. The minimum atomic E-state index is 0. The molecule has 4 heteroatoms. The largest absolute Gasteiger partial charge is 0.386 e. The summed E-state index contributed by atoms with van der Waals surface area (Å²) in [5.41, 5.74) is 0. The van der Waals surface area contributed by atoms with E-state index in [0.717, 1.165) is 0 Å². The van der Waals surface area contributed by atoms with Gasteiger partial charge in [-0.1, -0.05) is 0 Å². The number of rotatable bonds is 1. The van der Waals surface area contributed by atoms with E-state index < -0.39 is 0 Å². The van der Waals surface area contributed by atoms with E-state index in [9.17, 15) is 0 Å². The van der Waals surface area contributed by atoms with E-state index in [2.05, 4.69) is 20.1 Å². The summed E-state index contributed by atoms with van der Waals surface area (Å²) in [6.07, 6.45) is 0. The molecule has 0 bridgehead atoms. The van der Waals surface area contributed by atoms with Crippen LogP contribution in [0.5, 0.6) is 0 Å². The molecule has 0 amide bonds. The van der Waals surface area contributed by atoms with Gasteiger partial charge in [0.2, 0.25) is 0 Å². The number of hydrogen-bond acceptors (Lipinski definition) is 2. The Morgan fingerprint density at radius 2 is 2.00 bits per heavy atom. The first-order valence-electron chi connectivity index (χ1n) is 0.626. The van der Waals surface area contributed by atoms with Crippen LogP contribution in [0.25, 0.3) is 0 Å². The Hall–Kier alpha value is 0.716. The third kappa shape index (κ3) is 11.8. The lowest BCUT2D eigenvalue weighted by Crippen LogP contribution is -1.56. The van der Waals surface area contributed by atoms with Crippen molar-refractivity contribution < 1.29 is 8.62 Å². The predicted molar refractivity (Wildman–Crippen MR) is 24.6 cm³/mol. The quantitative estimate of drug-likeness (QED) is 0.375. The van der Waals surface area contributed by atoms with Crippen molar-refractivity contribution in [2.24, 2.45) is 0 Å². The number of carbonyl (C=O) groups excluding carboxylic acids is 1. The van der Waals surface area contributed by atoms with E-state index in [1.54, 1.807) is 0 Å². The summed E-state index contributed by atoms with van der Waals surface area (Å²) in [7, 11) is 0. The third-order valence-electron chi connectivity index (χ3n) is 0.0364. The average molecular weight is 151 g/mol. The van der Waals surface area contributed by atoms with Crippen molar-refractivity contribution in [1.29, 1.82) is 0 Å². The lowest BCUT2D eigenvalue weighted by atomic mass is 11.7. The van der Waals surface area contributed by atoms with Crippen molar-refractivity contribution in [3.63, 3.8) is 0 Å². The number of hydrogen-bond donors (Lipinski definition) is 0. The Kier molecular flexibility index (Phi) is 16.3. The fraction of sp³-hybridized carbons (Fsp3) is 0. The van der Waals surface area contributed by atoms with Crippen LogP contribution >= 0.6 is 16.3 Å². The predicted octanol–water partition coefficient (Wildman–Crippen LogP) is -0.447. The zero-order valence-corrected chi connectivity index (χ0v) is 3.36. The molecule has 0 unspecified atom stereocenters. The first-order chi connectivity index (χ1) is 1.91. The van der Waals surface area contributed by atoms with Gasteiger partial charge in [0.25, 0.3) is 0 Å². The molecular formula is CH3BrMgO2. The topological polar surface area (TPSA) is 26.3 Å². The highest BCUT2D eigenvalue weighted by Gasteiger charge is 1.49. The van der Waals surface area contributed by atoms with Crippen LogP contribution in [0.1, 0.15) is 0 Å². The van der Waals surface area contributed by atoms with Crippen LogP contribution in [-0.2, 0) is 8.62 Å². The lowest BCUT2D eigenvalue weighted by molar-refractivity contribution is -0.118. The summed E-state index contributed by atoms with van der Waals surface area (Å²) in [6.45, 7) is 0.292. The Morgan fingerprint density at radius 3 is 2.00 bits per heavy atom. The first-order valence-corrected chi connectivity index (χ1v) is 1.27. The second-order valence-corrected chi connectivity index (χ2v) is 0.559. The van der Waals surface area contributed by atoms with Gasteiger partial charge in [0.1, 0.15) is 0 Å². The molecule has 0 saturated heterocycles. The zero-order valence-electron chi connectivity index (χ0n) is 1.77. The van der Waals surface area contributed by atoms with Crippen molar-refractivity contribution in [3.8, 4) is 0 Å². The highest BCUT2D eigenvalue weighted by atomic mass is 79.9. The number of carbonyl (C=O) groups is 1. The molecule has 0 saturated carbocycles. The van der Waals surface area contributed by atoms with Crippen LogP contribution in [0.2, 0.25) is 0 Å². The summed E-state index contributed by atoms with van der Waals surface area (Å²) >= 11 is 2.38. The molecule has 0 N–H and O–H groups in total. The van der Waals surface area contributed by atoms with E-state index >= 15 is 0 Å². The van der Waals surface area contributed by atoms with Crippen molar-refractivity contribution >= 4 is 45.8 Å². The smallest absolute Gasteiger partial charge is 0.316 e. The molecule has 0 fully saturated rings. The maximum atomic E-state index is 8.90. The first kappa shape index (κ1) is 9.21. The fourth-order valence-electron chi connectivity index (χ4n) is 0. The maximum Gasteiger partial charge on any atom is 0.316 e. The van der Waals surface area contributed by atoms with Crippen LogP contribution in [0.4, 0.5) is 0 Å². The van der Waals surface area contributed by atoms with Gasteiger partial charge >= 0.3 is 29.5 Å². The molecule has 5 heavy (non-hydrogen) atoms. The molecule has 0 aliphatic carbocycles. The Labute approximate surface area is 54.5 Å². The van der Waals surface area contributed by atoms with Gasteiger partial charge in [0.15, 0.2) is 16.3 Å². The molecule has 0 heterocycles. The van der Waals surface area contributed by atoms with Gasteiger partial charge in [-0.3, -0.25) is 4.79 Å². The molecule has 0 aliphatic heterocycles. The van der Waals surface area contributed by atoms with Crippen LogP contribution in [-0.4, -0.2) is 29.5 Å². The number of halogens is 1. The Morgan fingerprint density at radius 1 is 1.80 bits per heavy atom. The minimum Gasteiger partial charge on any atom is -0.386 e. The van der Waals surface area contributed by atoms with Gasteiger partial charge in [-0.05, 0) is 0 Å². The summed E-state index contributed by atoms with van der Waals surface area (Å²) < 4.78 is 3.67. The highest BCUT2D eigenvalue weighted by Crippen LogP contribution is 1.70. The molecule has 0 aliphatic rings. The SMILES string of the molecule is O=COBr.[MgH2]. The van der Waals surface area contributed by atoms with Crippen molar-refractivity contribution in [1.82, 2.24) is 0 Å². The summed E-state index contributed by atoms with van der Waals surface area (Å²) in [5.74, 6) is 0. The molecular weight excluding hydrogens is 148 g/mol. The van der Waals surface area contributed by atoms with Gasteiger partial charge in [-0.15, -0.1) is 0 Å². The van der Waals surface area contributed by atoms with Gasteiger partial charge in [-0.25, -0.2) is 0 Å². The van der Waals surface area contributed by atoms with Gasteiger partial charge in [0.05, 0.1) is 0 Å². The highest BCUT2D eigenvalue weighted by molar-refractivity contribution is 9.06. The minimum absolute atomic E-state index is 0. The molecule has 0 aromatic heterocycles. The van der Waals surface area contributed by atoms with E-state index in [4.69, 9.17) is 4.79 Å². The zero-order chi connectivity index (χ0) is 3.41. The molecule has 2 nitrogen and oxygen atoms in total. The van der Waals surface area contributed by atoms with Crippen molar-refractivity contribution in [2.75, 3.05) is 0 Å². The average Bonchev–Trinajstić information content (AvgIpc) is 1.37. The molecule has 0 atom stereocenters. The summed E-state index contributed by atoms with van der Waals surface area (Å²) in [6, 6.07) is 0. The molecule has 0 rings (SSSR count).